The van der Waals surface area contributed by atoms with Gasteiger partial charge >= 0.3 is 0 Å². The van der Waals surface area contributed by atoms with E-state index in [1.54, 1.807) is 0 Å². The Morgan fingerprint density at radius 1 is 0.815 bits per heavy atom. The van der Waals surface area contributed by atoms with E-state index in [0.29, 0.717) is 5.69 Å². The van der Waals surface area contributed by atoms with Crippen molar-refractivity contribution >= 4 is 10.9 Å². The Morgan fingerprint density at radius 2 is 1.48 bits per heavy atom. The second-order valence-electron chi connectivity index (χ2n) is 6.60. The number of aliphatic hydroxyl groups excluding tert-OH is 1. The normalized spacial score (nSPS) is 12.1. The van der Waals surface area contributed by atoms with Crippen molar-refractivity contribution in [3.05, 3.63) is 95.4 Å². The minimum Gasteiger partial charge on any atom is -0.457 e. The van der Waals surface area contributed by atoms with Gasteiger partial charge in [0.05, 0.1) is 11.2 Å². The zero-order valence-electron chi connectivity index (χ0n) is 15.3. The van der Waals surface area contributed by atoms with Crippen molar-refractivity contribution in [3.8, 4) is 11.5 Å². The van der Waals surface area contributed by atoms with Crippen molar-refractivity contribution < 1.29 is 9.84 Å². The summed E-state index contributed by atoms with van der Waals surface area (Å²) in [6.07, 6.45) is 0.672. The Hall–Kier alpha value is -3.24. The topological polar surface area (TPSA) is 55.2 Å². The standard InChI is InChI=1S/C23H20N2O2/c1-15-12-20-21(13-16(15)2)24-14-25-22(20)23(26)17-8-10-19(11-9-17)27-18-6-4-3-5-7-18/h3-14,23,26H,1-2H3/t23-/m1/s1. The third-order valence-electron chi connectivity index (χ3n) is 4.72. The highest BCUT2D eigenvalue weighted by molar-refractivity contribution is 5.83. The maximum atomic E-state index is 10.9. The summed E-state index contributed by atoms with van der Waals surface area (Å²) in [5, 5.41) is 11.8. The number of ether oxygens (including phenoxy) is 1. The molecule has 0 amide bonds. The highest BCUT2D eigenvalue weighted by Gasteiger charge is 2.16. The SMILES string of the molecule is Cc1cc2ncnc([C@H](O)c3ccc(Oc4ccccc4)cc3)c2cc1C. The van der Waals surface area contributed by atoms with Gasteiger partial charge in [-0.1, -0.05) is 30.3 Å². The average Bonchev–Trinajstić information content (AvgIpc) is 2.69. The minimum atomic E-state index is -0.830. The molecule has 3 aromatic carbocycles. The molecular weight excluding hydrogens is 336 g/mol. The Morgan fingerprint density at radius 3 is 2.22 bits per heavy atom. The van der Waals surface area contributed by atoms with Crippen LogP contribution in [0.4, 0.5) is 0 Å². The van der Waals surface area contributed by atoms with Crippen LogP contribution in [0, 0.1) is 13.8 Å². The fourth-order valence-electron chi connectivity index (χ4n) is 3.05. The summed E-state index contributed by atoms with van der Waals surface area (Å²) in [7, 11) is 0. The second-order valence-corrected chi connectivity index (χ2v) is 6.60. The van der Waals surface area contributed by atoms with Gasteiger partial charge in [0.25, 0.3) is 0 Å². The molecule has 0 fully saturated rings. The quantitative estimate of drug-likeness (QED) is 0.551. The molecule has 0 aliphatic carbocycles. The molecule has 4 heteroatoms. The van der Waals surface area contributed by atoms with E-state index in [4.69, 9.17) is 4.74 Å². The first-order chi connectivity index (χ1) is 13.1. The number of aliphatic hydroxyl groups is 1. The Balaban J connectivity index is 1.64. The van der Waals surface area contributed by atoms with Gasteiger partial charge in [-0.2, -0.15) is 0 Å². The third kappa shape index (κ3) is 3.52. The molecule has 0 aliphatic rings. The summed E-state index contributed by atoms with van der Waals surface area (Å²) in [6.45, 7) is 4.10. The van der Waals surface area contributed by atoms with Crippen molar-refractivity contribution in [2.45, 2.75) is 20.0 Å². The summed E-state index contributed by atoms with van der Waals surface area (Å²) in [6, 6.07) is 21.1. The van der Waals surface area contributed by atoms with E-state index < -0.39 is 6.10 Å². The molecule has 0 aliphatic heterocycles. The molecule has 0 unspecified atom stereocenters. The van der Waals surface area contributed by atoms with E-state index in [2.05, 4.69) is 16.9 Å². The molecule has 1 heterocycles. The van der Waals surface area contributed by atoms with Gasteiger partial charge in [-0.25, -0.2) is 9.97 Å². The van der Waals surface area contributed by atoms with Crippen molar-refractivity contribution in [2.24, 2.45) is 0 Å². The van der Waals surface area contributed by atoms with Crippen LogP contribution in [0.5, 0.6) is 11.5 Å². The molecule has 0 radical (unpaired) electrons. The second kappa shape index (κ2) is 7.17. The number of hydrogen-bond donors (Lipinski definition) is 1. The molecular formula is C23H20N2O2. The highest BCUT2D eigenvalue weighted by Crippen LogP contribution is 2.29. The number of benzene rings is 3. The largest absolute Gasteiger partial charge is 0.457 e. The zero-order chi connectivity index (χ0) is 18.8. The number of aromatic nitrogens is 2. The summed E-state index contributed by atoms with van der Waals surface area (Å²) >= 11 is 0. The van der Waals surface area contributed by atoms with E-state index in [1.165, 1.54) is 11.9 Å². The van der Waals surface area contributed by atoms with E-state index in [0.717, 1.165) is 33.5 Å². The first-order valence-electron chi connectivity index (χ1n) is 8.84. The molecule has 27 heavy (non-hydrogen) atoms. The molecule has 4 nitrogen and oxygen atoms in total. The third-order valence-corrected chi connectivity index (χ3v) is 4.72. The fourth-order valence-corrected chi connectivity index (χ4v) is 3.05. The highest BCUT2D eigenvalue weighted by atomic mass is 16.5. The fraction of sp³-hybridized carbons (Fsp3) is 0.130. The van der Waals surface area contributed by atoms with Gasteiger partial charge in [-0.3, -0.25) is 0 Å². The lowest BCUT2D eigenvalue weighted by Gasteiger charge is -2.14. The van der Waals surface area contributed by atoms with Gasteiger partial charge in [0.2, 0.25) is 0 Å². The molecule has 1 N–H and O–H groups in total. The molecule has 4 aromatic rings. The van der Waals surface area contributed by atoms with Crippen LogP contribution in [0.1, 0.15) is 28.5 Å². The maximum Gasteiger partial charge on any atom is 0.127 e. The summed E-state index contributed by atoms with van der Waals surface area (Å²) in [4.78, 5) is 8.69. The molecule has 0 spiro atoms. The lowest BCUT2D eigenvalue weighted by Crippen LogP contribution is -2.04. The number of rotatable bonds is 4. The van der Waals surface area contributed by atoms with E-state index in [9.17, 15) is 5.11 Å². The van der Waals surface area contributed by atoms with Crippen LogP contribution in [0.2, 0.25) is 0 Å². The number of aryl methyl sites for hydroxylation is 2. The van der Waals surface area contributed by atoms with Gasteiger partial charge < -0.3 is 9.84 Å². The van der Waals surface area contributed by atoms with Gasteiger partial charge in [0.1, 0.15) is 23.9 Å². The zero-order valence-corrected chi connectivity index (χ0v) is 15.3. The van der Waals surface area contributed by atoms with Gasteiger partial charge in [0, 0.05) is 5.39 Å². The van der Waals surface area contributed by atoms with Crippen LogP contribution in [0.25, 0.3) is 10.9 Å². The first kappa shape index (κ1) is 17.2. The van der Waals surface area contributed by atoms with Crippen LogP contribution in [0.3, 0.4) is 0 Å². The van der Waals surface area contributed by atoms with E-state index >= 15 is 0 Å². The lowest BCUT2D eigenvalue weighted by atomic mass is 9.99. The Bertz CT molecular complexity index is 1080. The predicted octanol–water partition coefficient (Wildman–Crippen LogP) is 5.12. The van der Waals surface area contributed by atoms with Crippen LogP contribution in [-0.4, -0.2) is 15.1 Å². The van der Waals surface area contributed by atoms with Crippen molar-refractivity contribution in [3.63, 3.8) is 0 Å². The van der Waals surface area contributed by atoms with Crippen LogP contribution in [0.15, 0.2) is 73.1 Å². The number of nitrogens with zero attached hydrogens (tertiary/aromatic N) is 2. The molecule has 4 rings (SSSR count). The van der Waals surface area contributed by atoms with Gasteiger partial charge in [0.15, 0.2) is 0 Å². The van der Waals surface area contributed by atoms with Crippen molar-refractivity contribution in [2.75, 3.05) is 0 Å². The molecule has 1 atom stereocenters. The Labute approximate surface area is 158 Å². The van der Waals surface area contributed by atoms with Crippen LogP contribution < -0.4 is 4.74 Å². The molecule has 0 saturated heterocycles. The van der Waals surface area contributed by atoms with Gasteiger partial charge in [-0.15, -0.1) is 0 Å². The van der Waals surface area contributed by atoms with Crippen molar-refractivity contribution in [1.29, 1.82) is 0 Å². The summed E-state index contributed by atoms with van der Waals surface area (Å²) in [5.41, 5.74) is 4.53. The summed E-state index contributed by atoms with van der Waals surface area (Å²) in [5.74, 6) is 1.50. The van der Waals surface area contributed by atoms with E-state index in [-0.39, 0.29) is 0 Å². The maximum absolute atomic E-state index is 10.9. The van der Waals surface area contributed by atoms with Crippen LogP contribution in [-0.2, 0) is 0 Å². The number of hydrogen-bond acceptors (Lipinski definition) is 4. The molecule has 134 valence electrons. The minimum absolute atomic E-state index is 0.611. The summed E-state index contributed by atoms with van der Waals surface area (Å²) < 4.78 is 5.81. The first-order valence-corrected chi connectivity index (χ1v) is 8.84. The van der Waals surface area contributed by atoms with Gasteiger partial charge in [-0.05, 0) is 66.9 Å². The number of para-hydroxylation sites is 1. The monoisotopic (exact) mass is 356 g/mol. The molecule has 0 saturated carbocycles. The van der Waals surface area contributed by atoms with Crippen LogP contribution >= 0.6 is 0 Å². The smallest absolute Gasteiger partial charge is 0.127 e. The van der Waals surface area contributed by atoms with E-state index in [1.807, 2.05) is 73.7 Å². The molecule has 1 aromatic heterocycles. The lowest BCUT2D eigenvalue weighted by molar-refractivity contribution is 0.217. The van der Waals surface area contributed by atoms with Crippen molar-refractivity contribution in [1.82, 2.24) is 9.97 Å². The molecule has 0 bridgehead atoms. The number of fused-ring (bicyclic) bond motifs is 1. The Kier molecular flexibility index (Phi) is 4.57. The average molecular weight is 356 g/mol. The predicted molar refractivity (Wildman–Crippen MR) is 106 cm³/mol.